The van der Waals surface area contributed by atoms with Gasteiger partial charge in [0, 0.05) is 17.8 Å². The average Bonchev–Trinajstić information content (AvgIpc) is 3.56. The first-order valence-electron chi connectivity index (χ1n) is 13.4. The Hall–Kier alpha value is -1.88. The van der Waals surface area contributed by atoms with Gasteiger partial charge in [0.2, 0.25) is 5.95 Å². The first-order valence-corrected chi connectivity index (χ1v) is 16.0. The zero-order chi connectivity index (χ0) is 30.2. The molecule has 2 aromatic rings. The lowest BCUT2D eigenvalue weighted by Crippen LogP contribution is -2.44. The van der Waals surface area contributed by atoms with Crippen LogP contribution in [0.5, 0.6) is 0 Å². The number of thioether (sulfide) groups is 1. The summed E-state index contributed by atoms with van der Waals surface area (Å²) >= 11 is 0.961. The van der Waals surface area contributed by atoms with Crippen LogP contribution in [0.2, 0.25) is 0 Å². The Morgan fingerprint density at radius 2 is 2.07 bits per heavy atom. The monoisotopic (exact) mass is 617 g/mol. The molecular formula is C24H40N7O8PS. The molecule has 0 bridgehead atoms. The Morgan fingerprint density at radius 1 is 1.37 bits per heavy atom. The third-order valence-corrected chi connectivity index (χ3v) is 9.74. The van der Waals surface area contributed by atoms with Gasteiger partial charge in [-0.1, -0.05) is 11.8 Å². The molecule has 3 heterocycles. The molecule has 2 aliphatic rings. The van der Waals surface area contributed by atoms with Crippen molar-refractivity contribution in [3.8, 4) is 0 Å². The van der Waals surface area contributed by atoms with E-state index in [-0.39, 0.29) is 48.7 Å². The quantitative estimate of drug-likeness (QED) is 0.130. The minimum absolute atomic E-state index is 0.0121. The lowest BCUT2D eigenvalue weighted by atomic mass is 9.96. The number of nitrogen functional groups attached to an aromatic ring is 1. The molecule has 2 aromatic heterocycles. The summed E-state index contributed by atoms with van der Waals surface area (Å²) in [5.74, 6) is 0.674. The molecule has 1 aliphatic carbocycles. The topological polar surface area (TPSA) is 216 Å². The van der Waals surface area contributed by atoms with E-state index in [1.54, 1.807) is 27.7 Å². The lowest BCUT2D eigenvalue weighted by Gasteiger charge is -2.27. The third kappa shape index (κ3) is 7.37. The molecule has 5 atom stereocenters. The highest BCUT2D eigenvalue weighted by Gasteiger charge is 2.54. The Morgan fingerprint density at radius 3 is 2.71 bits per heavy atom. The number of fused-ring (bicyclic) bond motifs is 1. The number of anilines is 2. The van der Waals surface area contributed by atoms with Crippen LogP contribution < -0.4 is 16.1 Å². The molecule has 1 aliphatic heterocycles. The maximum Gasteiger partial charge on any atom is 0.405 e. The molecule has 2 fully saturated rings. The molecule has 0 spiro atoms. The highest BCUT2D eigenvalue weighted by atomic mass is 32.2. The van der Waals surface area contributed by atoms with Crippen molar-refractivity contribution in [2.45, 2.75) is 83.6 Å². The van der Waals surface area contributed by atoms with Gasteiger partial charge in [0.25, 0.3) is 0 Å². The van der Waals surface area contributed by atoms with Crippen molar-refractivity contribution >= 4 is 47.6 Å². The number of rotatable bonds is 14. The van der Waals surface area contributed by atoms with E-state index in [4.69, 9.17) is 19.5 Å². The third-order valence-electron chi connectivity index (χ3n) is 6.71. The summed E-state index contributed by atoms with van der Waals surface area (Å²) in [7, 11) is -3.90. The SMILES string of the molecule is CC(C)NP(=O)(OCCSC(=O)C(C)(C)CO)OC[C@H]1OC(n2cnc3c(NC4CC4)nc(N)nc32)[C@@](C)(O)C1O. The average molecular weight is 618 g/mol. The van der Waals surface area contributed by atoms with Crippen LogP contribution in [0.1, 0.15) is 53.7 Å². The Bertz CT molecular complexity index is 1290. The fourth-order valence-electron chi connectivity index (χ4n) is 4.16. The van der Waals surface area contributed by atoms with Crippen molar-refractivity contribution in [3.63, 3.8) is 0 Å². The Labute approximate surface area is 242 Å². The first kappa shape index (κ1) is 32.0. The summed E-state index contributed by atoms with van der Waals surface area (Å²) in [5, 5.41) is 37.4. The van der Waals surface area contributed by atoms with Crippen LogP contribution in [0.3, 0.4) is 0 Å². The minimum Gasteiger partial charge on any atom is -0.395 e. The van der Waals surface area contributed by atoms with Crippen LogP contribution in [-0.2, 0) is 23.1 Å². The lowest BCUT2D eigenvalue weighted by molar-refractivity contribution is -0.119. The molecule has 0 radical (unpaired) electrons. The van der Waals surface area contributed by atoms with Gasteiger partial charge in [-0.05, 0) is 47.5 Å². The zero-order valence-electron chi connectivity index (χ0n) is 23.8. The molecule has 15 nitrogen and oxygen atoms in total. The van der Waals surface area contributed by atoms with E-state index in [9.17, 15) is 24.7 Å². The van der Waals surface area contributed by atoms with Crippen LogP contribution >= 0.6 is 19.5 Å². The number of hydrogen-bond donors (Lipinski definition) is 6. The number of hydrogen-bond acceptors (Lipinski definition) is 14. The van der Waals surface area contributed by atoms with Crippen LogP contribution in [0.15, 0.2) is 6.33 Å². The standard InChI is InChI=1S/C24H40N7O8PS/c1-13(2)30-40(36,37-8-9-41-21(34)23(3,4)11-32)38-10-15-17(33)24(5,35)20(39-15)31-12-26-16-18(27-14-6-7-14)28-22(25)29-19(16)31/h12-15,17,20,32-33,35H,6-11H2,1-5H3,(H,30,36)(H3,25,27,28,29)/t15-,17?,20?,24+,40?/m1/s1. The summed E-state index contributed by atoms with van der Waals surface area (Å²) in [6.07, 6.45) is -0.207. The van der Waals surface area contributed by atoms with E-state index in [0.29, 0.717) is 17.0 Å². The maximum atomic E-state index is 13.5. The normalized spacial score (nSPS) is 26.5. The fourth-order valence-corrected chi connectivity index (χ4v) is 6.62. The first-order chi connectivity index (χ1) is 19.2. The van der Waals surface area contributed by atoms with Gasteiger partial charge in [-0.25, -0.2) is 14.6 Å². The number of nitrogens with two attached hydrogens (primary N) is 1. The van der Waals surface area contributed by atoms with Gasteiger partial charge in [-0.2, -0.15) is 9.97 Å². The molecule has 1 saturated carbocycles. The van der Waals surface area contributed by atoms with Crippen LogP contribution in [-0.4, -0.2) is 95.4 Å². The van der Waals surface area contributed by atoms with E-state index >= 15 is 0 Å². The summed E-state index contributed by atoms with van der Waals surface area (Å²) in [6, 6.07) is 0.00489. The highest BCUT2D eigenvalue weighted by Crippen LogP contribution is 2.47. The fraction of sp³-hybridized carbons (Fsp3) is 0.750. The van der Waals surface area contributed by atoms with Crippen LogP contribution in [0, 0.1) is 5.41 Å². The van der Waals surface area contributed by atoms with E-state index in [1.807, 2.05) is 0 Å². The van der Waals surface area contributed by atoms with Gasteiger partial charge in [0.05, 0.1) is 31.6 Å². The largest absolute Gasteiger partial charge is 0.405 e. The van der Waals surface area contributed by atoms with E-state index in [0.717, 1.165) is 24.6 Å². The Kier molecular flexibility index (Phi) is 9.68. The van der Waals surface area contributed by atoms with Gasteiger partial charge < -0.3 is 31.1 Å². The molecule has 3 unspecified atom stereocenters. The number of carbonyl (C=O) groups is 1. The zero-order valence-corrected chi connectivity index (χ0v) is 25.5. The van der Waals surface area contributed by atoms with Gasteiger partial charge in [0.1, 0.15) is 17.8 Å². The summed E-state index contributed by atoms with van der Waals surface area (Å²) < 4.78 is 32.1. The van der Waals surface area contributed by atoms with E-state index in [1.165, 1.54) is 17.8 Å². The number of aromatic nitrogens is 4. The van der Waals surface area contributed by atoms with Crippen molar-refractivity contribution in [2.75, 3.05) is 36.6 Å². The minimum atomic E-state index is -3.90. The van der Waals surface area contributed by atoms with Crippen molar-refractivity contribution in [1.29, 1.82) is 0 Å². The van der Waals surface area contributed by atoms with Crippen molar-refractivity contribution in [2.24, 2.45) is 5.41 Å². The van der Waals surface area contributed by atoms with Gasteiger partial charge in [-0.3, -0.25) is 18.4 Å². The molecule has 1 saturated heterocycles. The summed E-state index contributed by atoms with van der Waals surface area (Å²) in [4.78, 5) is 25.2. The van der Waals surface area contributed by atoms with Crippen LogP contribution in [0.4, 0.5) is 11.8 Å². The highest BCUT2D eigenvalue weighted by molar-refractivity contribution is 8.13. The number of aliphatic hydroxyl groups excluding tert-OH is 2. The van der Waals surface area contributed by atoms with Crippen molar-refractivity contribution in [3.05, 3.63) is 6.33 Å². The summed E-state index contributed by atoms with van der Waals surface area (Å²) in [6.45, 7) is 7.43. The number of nitrogens with zero attached hydrogens (tertiary/aromatic N) is 4. The van der Waals surface area contributed by atoms with Crippen molar-refractivity contribution < 1.29 is 38.5 Å². The molecule has 0 amide bonds. The predicted octanol–water partition coefficient (Wildman–Crippen LogP) is 1.41. The number of nitrogens with one attached hydrogen (secondary N) is 2. The molecule has 230 valence electrons. The van der Waals surface area contributed by atoms with Crippen molar-refractivity contribution in [1.82, 2.24) is 24.6 Å². The summed E-state index contributed by atoms with van der Waals surface area (Å²) in [5.41, 5.74) is 3.98. The second kappa shape index (κ2) is 12.4. The Balaban J connectivity index is 1.44. The number of carbonyl (C=O) groups excluding carboxylic acids is 1. The maximum absolute atomic E-state index is 13.5. The molecule has 17 heteroatoms. The molecule has 4 rings (SSSR count). The van der Waals surface area contributed by atoms with Gasteiger partial charge in [0.15, 0.2) is 28.3 Å². The number of aliphatic hydroxyl groups is 3. The van der Waals surface area contributed by atoms with E-state index in [2.05, 4.69) is 25.4 Å². The van der Waals surface area contributed by atoms with E-state index < -0.39 is 37.2 Å². The second-order valence-electron chi connectivity index (χ2n) is 11.5. The smallest absolute Gasteiger partial charge is 0.395 e. The second-order valence-corrected chi connectivity index (χ2v) is 14.3. The van der Waals surface area contributed by atoms with Gasteiger partial charge >= 0.3 is 7.75 Å². The number of ether oxygens (including phenoxy) is 1. The van der Waals surface area contributed by atoms with Crippen LogP contribution in [0.25, 0.3) is 11.2 Å². The predicted molar refractivity (Wildman–Crippen MR) is 153 cm³/mol. The number of imidazole rings is 1. The van der Waals surface area contributed by atoms with Gasteiger partial charge in [-0.15, -0.1) is 0 Å². The molecule has 7 N–H and O–H groups in total. The molecular weight excluding hydrogens is 577 g/mol. The molecule has 0 aromatic carbocycles. The molecule has 41 heavy (non-hydrogen) atoms.